The Balaban J connectivity index is 2.34. The highest BCUT2D eigenvalue weighted by Crippen LogP contribution is 2.46. The van der Waals surface area contributed by atoms with Gasteiger partial charge in [0.25, 0.3) is 5.92 Å². The Morgan fingerprint density at radius 2 is 1.60 bits per heavy atom. The minimum absolute atomic E-state index is 0.0365. The molecule has 0 spiro atoms. The van der Waals surface area contributed by atoms with Crippen molar-refractivity contribution in [2.24, 2.45) is 5.73 Å². The van der Waals surface area contributed by atoms with Gasteiger partial charge in [0.05, 0.1) is 5.54 Å². The molecule has 0 amide bonds. The van der Waals surface area contributed by atoms with Gasteiger partial charge in [0.15, 0.2) is 0 Å². The van der Waals surface area contributed by atoms with E-state index >= 15 is 0 Å². The highest BCUT2D eigenvalue weighted by molar-refractivity contribution is 5.25. The van der Waals surface area contributed by atoms with Crippen LogP contribution in [0.15, 0.2) is 30.3 Å². The molecule has 0 saturated heterocycles. The molecule has 1 aromatic carbocycles. The first-order valence-corrected chi connectivity index (χ1v) is 5.28. The average Bonchev–Trinajstić information content (AvgIpc) is 2.68. The van der Waals surface area contributed by atoms with Crippen LogP contribution in [0.3, 0.4) is 0 Å². The van der Waals surface area contributed by atoms with Crippen LogP contribution in [0.25, 0.3) is 0 Å². The van der Waals surface area contributed by atoms with E-state index in [9.17, 15) is 8.78 Å². The predicted octanol–water partition coefficient (Wildman–Crippen LogP) is 3.05. The Hall–Kier alpha value is -0.960. The smallest absolute Gasteiger partial charge is 0.290 e. The van der Waals surface area contributed by atoms with Crippen molar-refractivity contribution in [2.75, 3.05) is 0 Å². The Morgan fingerprint density at radius 1 is 1.07 bits per heavy atom. The minimum Gasteiger partial charge on any atom is -0.320 e. The topological polar surface area (TPSA) is 26.0 Å². The second-order valence-corrected chi connectivity index (χ2v) is 4.30. The van der Waals surface area contributed by atoms with Crippen molar-refractivity contribution in [3.8, 4) is 0 Å². The molecular formula is C12H15F2N. The van der Waals surface area contributed by atoms with E-state index in [1.165, 1.54) is 12.1 Å². The molecular weight excluding hydrogens is 196 g/mol. The number of halogens is 2. The van der Waals surface area contributed by atoms with E-state index in [1.54, 1.807) is 18.2 Å². The number of nitrogens with two attached hydrogens (primary N) is 1. The van der Waals surface area contributed by atoms with E-state index in [4.69, 9.17) is 5.73 Å². The Kier molecular flexibility index (Phi) is 2.51. The summed E-state index contributed by atoms with van der Waals surface area (Å²) in [5.41, 5.74) is 4.52. The molecule has 0 aliphatic heterocycles. The molecule has 2 rings (SSSR count). The monoisotopic (exact) mass is 211 g/mol. The number of benzene rings is 1. The van der Waals surface area contributed by atoms with Crippen molar-refractivity contribution in [3.05, 3.63) is 35.9 Å². The van der Waals surface area contributed by atoms with Gasteiger partial charge in [-0.2, -0.15) is 8.78 Å². The molecule has 1 nitrogen and oxygen atoms in total. The van der Waals surface area contributed by atoms with Crippen LogP contribution in [0.5, 0.6) is 0 Å². The van der Waals surface area contributed by atoms with Gasteiger partial charge in [-0.25, -0.2) is 0 Å². The fourth-order valence-electron chi connectivity index (χ4n) is 2.25. The SMILES string of the molecule is NC1(C(F)(F)c2ccccc2)CCCC1. The van der Waals surface area contributed by atoms with Crippen molar-refractivity contribution in [2.45, 2.75) is 37.1 Å². The van der Waals surface area contributed by atoms with E-state index in [-0.39, 0.29) is 5.56 Å². The first kappa shape index (κ1) is 10.6. The molecule has 0 bridgehead atoms. The maximum atomic E-state index is 14.1. The van der Waals surface area contributed by atoms with Gasteiger partial charge in [-0.3, -0.25) is 0 Å². The normalized spacial score (nSPS) is 20.5. The molecule has 3 heteroatoms. The molecule has 0 radical (unpaired) electrons. The van der Waals surface area contributed by atoms with Crippen LogP contribution in [0.2, 0.25) is 0 Å². The van der Waals surface area contributed by atoms with Crippen molar-refractivity contribution in [3.63, 3.8) is 0 Å². The number of rotatable bonds is 2. The summed E-state index contributed by atoms with van der Waals surface area (Å²) >= 11 is 0. The molecule has 1 saturated carbocycles. The molecule has 82 valence electrons. The molecule has 1 aliphatic carbocycles. The van der Waals surface area contributed by atoms with Crippen LogP contribution in [-0.4, -0.2) is 5.54 Å². The third kappa shape index (κ3) is 1.65. The van der Waals surface area contributed by atoms with Gasteiger partial charge in [0.2, 0.25) is 0 Å². The van der Waals surface area contributed by atoms with Gasteiger partial charge < -0.3 is 5.73 Å². The summed E-state index contributed by atoms with van der Waals surface area (Å²) in [7, 11) is 0. The third-order valence-corrected chi connectivity index (χ3v) is 3.26. The van der Waals surface area contributed by atoms with Crippen molar-refractivity contribution in [1.82, 2.24) is 0 Å². The van der Waals surface area contributed by atoms with Crippen LogP contribution < -0.4 is 5.73 Å². The maximum absolute atomic E-state index is 14.1. The summed E-state index contributed by atoms with van der Waals surface area (Å²) < 4.78 is 28.2. The molecule has 0 unspecified atom stereocenters. The lowest BCUT2D eigenvalue weighted by Gasteiger charge is -2.33. The van der Waals surface area contributed by atoms with Crippen molar-refractivity contribution >= 4 is 0 Å². The zero-order valence-electron chi connectivity index (χ0n) is 8.55. The number of alkyl halides is 2. The first-order chi connectivity index (χ1) is 7.06. The van der Waals surface area contributed by atoms with Crippen LogP contribution >= 0.6 is 0 Å². The number of hydrogen-bond acceptors (Lipinski definition) is 1. The fraction of sp³-hybridized carbons (Fsp3) is 0.500. The summed E-state index contributed by atoms with van der Waals surface area (Å²) in [5, 5.41) is 0. The summed E-state index contributed by atoms with van der Waals surface area (Å²) in [4.78, 5) is 0. The van der Waals surface area contributed by atoms with Gasteiger partial charge in [-0.05, 0) is 12.8 Å². The second kappa shape index (κ2) is 3.56. The van der Waals surface area contributed by atoms with E-state index in [0.717, 1.165) is 12.8 Å². The van der Waals surface area contributed by atoms with Gasteiger partial charge in [-0.15, -0.1) is 0 Å². The highest BCUT2D eigenvalue weighted by Gasteiger charge is 2.52. The van der Waals surface area contributed by atoms with Crippen LogP contribution in [0.1, 0.15) is 31.2 Å². The maximum Gasteiger partial charge on any atom is 0.290 e. The largest absolute Gasteiger partial charge is 0.320 e. The van der Waals surface area contributed by atoms with Crippen LogP contribution in [0.4, 0.5) is 8.78 Å². The lowest BCUT2D eigenvalue weighted by molar-refractivity contribution is -0.0794. The zero-order valence-corrected chi connectivity index (χ0v) is 8.55. The molecule has 1 fully saturated rings. The molecule has 15 heavy (non-hydrogen) atoms. The van der Waals surface area contributed by atoms with Crippen LogP contribution in [0, 0.1) is 0 Å². The Labute approximate surface area is 88.3 Å². The van der Waals surface area contributed by atoms with E-state index in [2.05, 4.69) is 0 Å². The molecule has 2 N–H and O–H groups in total. The minimum atomic E-state index is -2.91. The summed E-state index contributed by atoms with van der Waals surface area (Å²) in [6, 6.07) is 7.89. The van der Waals surface area contributed by atoms with E-state index < -0.39 is 11.5 Å². The van der Waals surface area contributed by atoms with Gasteiger partial charge in [0, 0.05) is 5.56 Å². The Morgan fingerprint density at radius 3 is 2.13 bits per heavy atom. The molecule has 1 aromatic rings. The predicted molar refractivity (Wildman–Crippen MR) is 55.7 cm³/mol. The second-order valence-electron chi connectivity index (χ2n) is 4.30. The molecule has 0 atom stereocenters. The summed E-state index contributed by atoms with van der Waals surface area (Å²) in [6.45, 7) is 0. The van der Waals surface area contributed by atoms with Gasteiger partial charge >= 0.3 is 0 Å². The number of hydrogen-bond donors (Lipinski definition) is 1. The lowest BCUT2D eigenvalue weighted by Crippen LogP contribution is -2.51. The lowest BCUT2D eigenvalue weighted by atomic mass is 9.86. The zero-order chi connectivity index (χ0) is 10.9. The van der Waals surface area contributed by atoms with E-state index in [1.807, 2.05) is 0 Å². The summed E-state index contributed by atoms with van der Waals surface area (Å²) in [6.07, 6.45) is 2.43. The van der Waals surface area contributed by atoms with Gasteiger partial charge in [-0.1, -0.05) is 43.2 Å². The first-order valence-electron chi connectivity index (χ1n) is 5.28. The molecule has 1 aliphatic rings. The highest BCUT2D eigenvalue weighted by atomic mass is 19.3. The van der Waals surface area contributed by atoms with Crippen molar-refractivity contribution in [1.29, 1.82) is 0 Å². The van der Waals surface area contributed by atoms with E-state index in [0.29, 0.717) is 12.8 Å². The summed E-state index contributed by atoms with van der Waals surface area (Å²) in [5.74, 6) is -2.91. The Bertz CT molecular complexity index is 329. The fourth-order valence-corrected chi connectivity index (χ4v) is 2.25. The molecule has 0 heterocycles. The molecule has 0 aromatic heterocycles. The standard InChI is InChI=1S/C12H15F2N/c13-12(14,10-6-2-1-3-7-10)11(15)8-4-5-9-11/h1-3,6-7H,4-5,8-9,15H2. The average molecular weight is 211 g/mol. The van der Waals surface area contributed by atoms with Gasteiger partial charge in [0.1, 0.15) is 0 Å². The van der Waals surface area contributed by atoms with Crippen LogP contribution in [-0.2, 0) is 5.92 Å². The van der Waals surface area contributed by atoms with Crippen molar-refractivity contribution < 1.29 is 8.78 Å². The quantitative estimate of drug-likeness (QED) is 0.799. The third-order valence-electron chi connectivity index (χ3n) is 3.26.